The lowest BCUT2D eigenvalue weighted by Crippen LogP contribution is -2.45. The fourth-order valence-electron chi connectivity index (χ4n) is 8.89. The van der Waals surface area contributed by atoms with E-state index in [-0.39, 0.29) is 12.5 Å². The number of aliphatic hydroxyl groups excluding tert-OH is 2. The average Bonchev–Trinajstić information content (AvgIpc) is 3.40. The minimum atomic E-state index is -0.889. The second-order valence-corrected chi connectivity index (χ2v) is 20.7. The van der Waals surface area contributed by atoms with Gasteiger partial charge in [0.15, 0.2) is 0 Å². The van der Waals surface area contributed by atoms with Crippen LogP contribution in [0.25, 0.3) is 0 Å². The normalized spacial score (nSPS) is 13.7. The van der Waals surface area contributed by atoms with Crippen LogP contribution in [0.15, 0.2) is 134 Å². The van der Waals surface area contributed by atoms with Crippen molar-refractivity contribution in [2.75, 3.05) is 6.61 Å². The molecule has 4 nitrogen and oxygen atoms in total. The summed E-state index contributed by atoms with van der Waals surface area (Å²) in [6, 6.07) is -0.670. The highest BCUT2D eigenvalue weighted by Crippen LogP contribution is 2.16. The van der Waals surface area contributed by atoms with E-state index in [9.17, 15) is 15.0 Å². The number of amides is 1. The van der Waals surface area contributed by atoms with Crippen molar-refractivity contribution < 1.29 is 15.0 Å². The largest absolute Gasteiger partial charge is 0.394 e. The Morgan fingerprint density at radius 3 is 0.946 bits per heavy atom. The first-order valence-corrected chi connectivity index (χ1v) is 31.4. The molecule has 0 heterocycles. The van der Waals surface area contributed by atoms with Crippen molar-refractivity contribution in [2.24, 2.45) is 0 Å². The summed E-state index contributed by atoms with van der Waals surface area (Å²) in [5.41, 5.74) is 0. The number of aliphatic hydroxyl groups is 2. The first-order valence-electron chi connectivity index (χ1n) is 31.4. The minimum Gasteiger partial charge on any atom is -0.394 e. The summed E-state index contributed by atoms with van der Waals surface area (Å²) in [7, 11) is 0. The van der Waals surface area contributed by atoms with Gasteiger partial charge in [-0.25, -0.2) is 0 Å². The van der Waals surface area contributed by atoms with E-state index < -0.39 is 12.1 Å². The van der Waals surface area contributed by atoms with Crippen LogP contribution in [0, 0.1) is 0 Å². The van der Waals surface area contributed by atoms with Crippen LogP contribution in [0.2, 0.25) is 0 Å². The Hall–Kier alpha value is -3.47. The summed E-state index contributed by atoms with van der Waals surface area (Å²) in [4.78, 5) is 12.5. The molecule has 0 aliphatic heterocycles. The summed E-state index contributed by atoms with van der Waals surface area (Å²) in [5, 5.41) is 23.2. The fraction of sp³-hybridized carbons (Fsp3) is 0.671. The lowest BCUT2D eigenvalue weighted by Gasteiger charge is -2.19. The minimum absolute atomic E-state index is 0.109. The van der Waals surface area contributed by atoms with E-state index in [2.05, 4.69) is 141 Å². The van der Waals surface area contributed by atoms with Crippen molar-refractivity contribution in [3.63, 3.8) is 0 Å². The van der Waals surface area contributed by atoms with Crippen LogP contribution in [0.1, 0.15) is 284 Å². The Labute approximate surface area is 460 Å². The van der Waals surface area contributed by atoms with Crippen molar-refractivity contribution >= 4 is 5.91 Å². The number of rotatable bonds is 56. The molecule has 2 atom stereocenters. The molecule has 2 unspecified atom stereocenters. The highest BCUT2D eigenvalue weighted by Gasteiger charge is 2.18. The zero-order valence-corrected chi connectivity index (χ0v) is 48.6. The molecule has 0 spiro atoms. The molecule has 0 rings (SSSR count). The van der Waals surface area contributed by atoms with Crippen LogP contribution in [-0.4, -0.2) is 34.9 Å². The summed E-state index contributed by atoms with van der Waals surface area (Å²) >= 11 is 0. The average molecular weight is 1020 g/mol. The van der Waals surface area contributed by atoms with E-state index in [4.69, 9.17) is 0 Å². The number of nitrogens with one attached hydrogen (secondary N) is 1. The molecule has 0 aromatic rings. The first-order chi connectivity index (χ1) is 36.7. The number of unbranched alkanes of at least 4 members (excludes halogenated alkanes) is 29. The van der Waals surface area contributed by atoms with Gasteiger partial charge in [-0.2, -0.15) is 0 Å². The van der Waals surface area contributed by atoms with E-state index in [0.29, 0.717) is 6.42 Å². The fourth-order valence-corrected chi connectivity index (χ4v) is 8.89. The van der Waals surface area contributed by atoms with Crippen molar-refractivity contribution in [2.45, 2.75) is 296 Å². The van der Waals surface area contributed by atoms with Crippen LogP contribution >= 0.6 is 0 Å². The van der Waals surface area contributed by atoms with Crippen molar-refractivity contribution in [3.05, 3.63) is 134 Å². The second kappa shape index (κ2) is 63.8. The third-order valence-corrected chi connectivity index (χ3v) is 13.6. The SMILES string of the molecule is CC/C=C\C/C=C\C/C=C\C/C=C\C/C=C\C/C=C\C/C=C\C/C=C\C/C=C\CCCCCC(=O)NC(CO)C(O)/C=C/CC/C=C/CCCCCCCCCCCCCCCCCCCCCCCCCCC. The number of hydrogen-bond acceptors (Lipinski definition) is 3. The van der Waals surface area contributed by atoms with Crippen molar-refractivity contribution in [1.82, 2.24) is 5.32 Å². The van der Waals surface area contributed by atoms with E-state index in [0.717, 1.165) is 103 Å². The van der Waals surface area contributed by atoms with Crippen molar-refractivity contribution in [1.29, 1.82) is 0 Å². The molecule has 0 aliphatic carbocycles. The monoisotopic (exact) mass is 1020 g/mol. The molecular formula is C70H119NO3. The molecule has 1 amide bonds. The molecule has 74 heavy (non-hydrogen) atoms. The zero-order chi connectivity index (χ0) is 53.4. The molecule has 422 valence electrons. The maximum absolute atomic E-state index is 12.5. The third-order valence-electron chi connectivity index (χ3n) is 13.6. The van der Waals surface area contributed by atoms with Gasteiger partial charge in [0.05, 0.1) is 18.8 Å². The quantitative estimate of drug-likeness (QED) is 0.0420. The lowest BCUT2D eigenvalue weighted by molar-refractivity contribution is -0.123. The van der Waals surface area contributed by atoms with Crippen LogP contribution in [0.3, 0.4) is 0 Å². The number of carbonyl (C=O) groups is 1. The molecule has 0 aromatic carbocycles. The van der Waals surface area contributed by atoms with Crippen LogP contribution in [0.4, 0.5) is 0 Å². The number of carbonyl (C=O) groups excluding carboxylic acids is 1. The van der Waals surface area contributed by atoms with Gasteiger partial charge in [0.1, 0.15) is 0 Å². The van der Waals surface area contributed by atoms with Gasteiger partial charge in [-0.05, 0) is 103 Å². The molecule has 4 heteroatoms. The molecule has 0 saturated heterocycles. The van der Waals surface area contributed by atoms with Gasteiger partial charge in [-0.3, -0.25) is 4.79 Å². The smallest absolute Gasteiger partial charge is 0.220 e. The van der Waals surface area contributed by atoms with Crippen LogP contribution < -0.4 is 5.32 Å². The molecule has 0 fully saturated rings. The maximum Gasteiger partial charge on any atom is 0.220 e. The van der Waals surface area contributed by atoms with Crippen molar-refractivity contribution in [3.8, 4) is 0 Å². The Kier molecular flexibility index (Phi) is 60.8. The standard InChI is InChI=1S/C70H119NO3/c1-3-5-7-9-11-13-15-17-19-21-23-25-27-29-31-33-35-37-39-41-43-45-47-49-51-53-55-57-59-61-63-65-69(73)68(67-72)71-70(74)66-64-62-60-58-56-54-52-50-48-46-44-42-40-38-36-34-32-30-28-26-24-22-20-18-16-14-12-10-8-6-4-2/h6,8,12,14,18,20,24,26,30,32,36,38,42,44,48,50,54-57,63,65,68-69,72-73H,3-5,7,9-11,13,15-17,19,21-23,25,27-29,31,33-35,37,39-41,43,45-47,49,51-53,58-62,64,66-67H2,1-2H3,(H,71,74)/b8-6-,14-12-,20-18-,26-24-,32-30-,38-36-,44-42-,50-48-,56-54-,57-55+,65-63+. The van der Waals surface area contributed by atoms with Gasteiger partial charge in [-0.15, -0.1) is 0 Å². The number of allylic oxidation sites excluding steroid dienone is 21. The summed E-state index contributed by atoms with van der Waals surface area (Å²) in [6.07, 6.45) is 99.3. The molecule has 0 saturated carbocycles. The van der Waals surface area contributed by atoms with Gasteiger partial charge in [0.2, 0.25) is 5.91 Å². The Morgan fingerprint density at radius 1 is 0.338 bits per heavy atom. The molecule has 0 aromatic heterocycles. The van der Waals surface area contributed by atoms with Gasteiger partial charge >= 0.3 is 0 Å². The molecule has 0 radical (unpaired) electrons. The van der Waals surface area contributed by atoms with Gasteiger partial charge < -0.3 is 15.5 Å². The highest BCUT2D eigenvalue weighted by molar-refractivity contribution is 5.76. The van der Waals surface area contributed by atoms with Gasteiger partial charge in [0.25, 0.3) is 0 Å². The number of hydrogen-bond donors (Lipinski definition) is 3. The van der Waals surface area contributed by atoms with E-state index >= 15 is 0 Å². The lowest BCUT2D eigenvalue weighted by atomic mass is 10.0. The predicted octanol–water partition coefficient (Wildman–Crippen LogP) is 21.4. The topological polar surface area (TPSA) is 69.6 Å². The van der Waals surface area contributed by atoms with Gasteiger partial charge in [-0.1, -0.05) is 308 Å². The molecule has 3 N–H and O–H groups in total. The highest BCUT2D eigenvalue weighted by atomic mass is 16.3. The molecule has 0 aliphatic rings. The van der Waals surface area contributed by atoms with E-state index in [1.807, 2.05) is 6.08 Å². The second-order valence-electron chi connectivity index (χ2n) is 20.7. The van der Waals surface area contributed by atoms with Gasteiger partial charge in [0, 0.05) is 6.42 Å². The van der Waals surface area contributed by atoms with E-state index in [1.165, 1.54) is 161 Å². The summed E-state index contributed by atoms with van der Waals surface area (Å²) < 4.78 is 0. The maximum atomic E-state index is 12.5. The van der Waals surface area contributed by atoms with Crippen LogP contribution in [0.5, 0.6) is 0 Å². The van der Waals surface area contributed by atoms with E-state index in [1.54, 1.807) is 6.08 Å². The Bertz CT molecular complexity index is 1490. The zero-order valence-electron chi connectivity index (χ0n) is 48.6. The molecular weight excluding hydrogens is 903 g/mol. The molecule has 0 bridgehead atoms. The Balaban J connectivity index is 3.65. The first kappa shape index (κ1) is 70.5. The predicted molar refractivity (Wildman–Crippen MR) is 331 cm³/mol. The Morgan fingerprint density at radius 2 is 0.608 bits per heavy atom. The summed E-state index contributed by atoms with van der Waals surface area (Å²) in [6.45, 7) is 4.18. The summed E-state index contributed by atoms with van der Waals surface area (Å²) in [5.74, 6) is -0.109. The third kappa shape index (κ3) is 59.4. The van der Waals surface area contributed by atoms with Crippen LogP contribution in [-0.2, 0) is 4.79 Å².